The standard InChI is InChI=1S/C20H16FN3O3S/c1-27-14-6-4-5-13(11-14)17(25)12-28-19-10-9-18(23-24-19)22-20(26)15-7-2-3-8-16(15)21/h2-11H,12H2,1H3,(H,22,23,26). The van der Waals surface area contributed by atoms with Gasteiger partial charge in [0, 0.05) is 5.56 Å². The van der Waals surface area contributed by atoms with Crippen LogP contribution >= 0.6 is 11.8 Å². The van der Waals surface area contributed by atoms with Crippen LogP contribution in [0.2, 0.25) is 0 Å². The normalized spacial score (nSPS) is 10.4. The van der Waals surface area contributed by atoms with Gasteiger partial charge >= 0.3 is 0 Å². The van der Waals surface area contributed by atoms with Crippen molar-refractivity contribution in [3.8, 4) is 5.75 Å². The molecule has 0 atom stereocenters. The van der Waals surface area contributed by atoms with Gasteiger partial charge in [0.05, 0.1) is 18.4 Å². The maximum Gasteiger partial charge on any atom is 0.259 e. The summed E-state index contributed by atoms with van der Waals surface area (Å²) in [7, 11) is 1.54. The number of amides is 1. The van der Waals surface area contributed by atoms with E-state index in [9.17, 15) is 14.0 Å². The number of rotatable bonds is 7. The first-order valence-corrected chi connectivity index (χ1v) is 9.25. The van der Waals surface area contributed by atoms with E-state index in [1.54, 1.807) is 49.6 Å². The highest BCUT2D eigenvalue weighted by Crippen LogP contribution is 2.19. The number of aromatic nitrogens is 2. The summed E-state index contributed by atoms with van der Waals surface area (Å²) in [5, 5.41) is 10.9. The van der Waals surface area contributed by atoms with Crippen LogP contribution in [0.3, 0.4) is 0 Å². The molecule has 0 saturated carbocycles. The number of hydrogen-bond acceptors (Lipinski definition) is 6. The van der Waals surface area contributed by atoms with E-state index in [2.05, 4.69) is 15.5 Å². The number of Topliss-reactive ketones (excluding diaryl/α,β-unsaturated/α-hetero) is 1. The number of halogens is 1. The van der Waals surface area contributed by atoms with E-state index in [1.807, 2.05) is 0 Å². The first-order chi connectivity index (χ1) is 13.6. The first kappa shape index (κ1) is 19.5. The second kappa shape index (κ2) is 9.09. The van der Waals surface area contributed by atoms with E-state index in [-0.39, 0.29) is 22.9 Å². The Morgan fingerprint density at radius 3 is 2.61 bits per heavy atom. The molecular weight excluding hydrogens is 381 g/mol. The van der Waals surface area contributed by atoms with E-state index < -0.39 is 11.7 Å². The summed E-state index contributed by atoms with van der Waals surface area (Å²) >= 11 is 1.23. The van der Waals surface area contributed by atoms with Gasteiger partial charge in [0.15, 0.2) is 11.6 Å². The van der Waals surface area contributed by atoms with Crippen LogP contribution in [0.1, 0.15) is 20.7 Å². The molecule has 1 amide bonds. The molecule has 28 heavy (non-hydrogen) atoms. The quantitative estimate of drug-likeness (QED) is 0.482. The zero-order valence-corrected chi connectivity index (χ0v) is 15.7. The molecule has 1 N–H and O–H groups in total. The van der Waals surface area contributed by atoms with Crippen LogP contribution in [0.25, 0.3) is 0 Å². The Morgan fingerprint density at radius 1 is 1.07 bits per heavy atom. The maximum absolute atomic E-state index is 13.6. The number of ether oxygens (including phenoxy) is 1. The Bertz CT molecular complexity index is 996. The van der Waals surface area contributed by atoms with Crippen molar-refractivity contribution in [2.75, 3.05) is 18.2 Å². The molecule has 0 saturated heterocycles. The number of hydrogen-bond donors (Lipinski definition) is 1. The number of nitrogens with one attached hydrogen (secondary N) is 1. The molecule has 0 radical (unpaired) electrons. The van der Waals surface area contributed by atoms with Crippen molar-refractivity contribution in [2.24, 2.45) is 0 Å². The SMILES string of the molecule is COc1cccc(C(=O)CSc2ccc(NC(=O)c3ccccc3F)nn2)c1. The summed E-state index contributed by atoms with van der Waals surface area (Å²) in [5.74, 6) is -0.301. The topological polar surface area (TPSA) is 81.2 Å². The summed E-state index contributed by atoms with van der Waals surface area (Å²) in [4.78, 5) is 24.3. The number of methoxy groups -OCH3 is 1. The molecule has 8 heteroatoms. The summed E-state index contributed by atoms with van der Waals surface area (Å²) in [6.45, 7) is 0. The summed E-state index contributed by atoms with van der Waals surface area (Å²) in [5.41, 5.74) is 0.472. The van der Waals surface area contributed by atoms with Gasteiger partial charge in [0.25, 0.3) is 5.91 Å². The average Bonchev–Trinajstić information content (AvgIpc) is 2.73. The van der Waals surface area contributed by atoms with Crippen molar-refractivity contribution in [3.05, 3.63) is 77.6 Å². The fourth-order valence-electron chi connectivity index (χ4n) is 2.31. The third kappa shape index (κ3) is 4.92. The van der Waals surface area contributed by atoms with Gasteiger partial charge in [-0.05, 0) is 36.4 Å². The summed E-state index contributed by atoms with van der Waals surface area (Å²) in [6, 6.07) is 15.8. The van der Waals surface area contributed by atoms with E-state index in [1.165, 1.54) is 30.0 Å². The van der Waals surface area contributed by atoms with Crippen LogP contribution in [0, 0.1) is 5.82 Å². The van der Waals surface area contributed by atoms with Crippen molar-refractivity contribution >= 4 is 29.3 Å². The number of thioether (sulfide) groups is 1. The molecule has 142 valence electrons. The molecule has 0 bridgehead atoms. The Balaban J connectivity index is 1.58. The fraction of sp³-hybridized carbons (Fsp3) is 0.100. The molecule has 0 unspecified atom stereocenters. The highest BCUT2D eigenvalue weighted by atomic mass is 32.2. The van der Waals surface area contributed by atoms with E-state index >= 15 is 0 Å². The number of benzene rings is 2. The van der Waals surface area contributed by atoms with Crippen LogP contribution in [-0.2, 0) is 0 Å². The molecule has 3 rings (SSSR count). The Hall–Kier alpha value is -3.26. The molecule has 0 aliphatic rings. The predicted molar refractivity (Wildman–Crippen MR) is 104 cm³/mol. The van der Waals surface area contributed by atoms with Gasteiger partial charge in [-0.2, -0.15) is 0 Å². The van der Waals surface area contributed by atoms with Crippen molar-refractivity contribution in [1.29, 1.82) is 0 Å². The molecule has 0 spiro atoms. The third-order valence-corrected chi connectivity index (χ3v) is 4.66. The van der Waals surface area contributed by atoms with Gasteiger partial charge in [-0.1, -0.05) is 36.0 Å². The molecule has 1 heterocycles. The van der Waals surface area contributed by atoms with Gasteiger partial charge in [-0.25, -0.2) is 4.39 Å². The van der Waals surface area contributed by atoms with Crippen LogP contribution in [0.15, 0.2) is 65.7 Å². The number of anilines is 1. The highest BCUT2D eigenvalue weighted by molar-refractivity contribution is 7.99. The minimum absolute atomic E-state index is 0.0670. The number of carbonyl (C=O) groups excluding carboxylic acids is 2. The zero-order valence-electron chi connectivity index (χ0n) is 14.9. The van der Waals surface area contributed by atoms with E-state index in [4.69, 9.17) is 4.74 Å². The lowest BCUT2D eigenvalue weighted by Gasteiger charge is -2.06. The lowest BCUT2D eigenvalue weighted by Crippen LogP contribution is -2.15. The molecule has 6 nitrogen and oxygen atoms in total. The minimum Gasteiger partial charge on any atom is -0.497 e. The van der Waals surface area contributed by atoms with Gasteiger partial charge in [0.2, 0.25) is 0 Å². The monoisotopic (exact) mass is 397 g/mol. The van der Waals surface area contributed by atoms with Crippen LogP contribution < -0.4 is 10.1 Å². The molecular formula is C20H16FN3O3S. The van der Waals surface area contributed by atoms with Crippen LogP contribution in [0.4, 0.5) is 10.2 Å². The van der Waals surface area contributed by atoms with E-state index in [0.717, 1.165) is 0 Å². The van der Waals surface area contributed by atoms with Gasteiger partial charge < -0.3 is 10.1 Å². The number of nitrogens with zero attached hydrogens (tertiary/aromatic N) is 2. The van der Waals surface area contributed by atoms with E-state index in [0.29, 0.717) is 16.3 Å². The predicted octanol–water partition coefficient (Wildman–Crippen LogP) is 3.85. The summed E-state index contributed by atoms with van der Waals surface area (Å²) in [6.07, 6.45) is 0. The van der Waals surface area contributed by atoms with Crippen molar-refractivity contribution < 1.29 is 18.7 Å². The second-order valence-corrected chi connectivity index (χ2v) is 6.63. The molecule has 0 fully saturated rings. The average molecular weight is 397 g/mol. The largest absolute Gasteiger partial charge is 0.497 e. The molecule has 3 aromatic rings. The van der Waals surface area contributed by atoms with Crippen LogP contribution in [0.5, 0.6) is 5.75 Å². The molecule has 0 aliphatic carbocycles. The summed E-state index contributed by atoms with van der Waals surface area (Å²) < 4.78 is 18.7. The fourth-order valence-corrected chi connectivity index (χ4v) is 3.02. The Kier molecular flexibility index (Phi) is 6.33. The van der Waals surface area contributed by atoms with Gasteiger partial charge in [-0.3, -0.25) is 9.59 Å². The van der Waals surface area contributed by atoms with Crippen LogP contribution in [-0.4, -0.2) is 34.8 Å². The Morgan fingerprint density at radius 2 is 1.89 bits per heavy atom. The maximum atomic E-state index is 13.6. The second-order valence-electron chi connectivity index (χ2n) is 5.63. The van der Waals surface area contributed by atoms with Crippen molar-refractivity contribution in [2.45, 2.75) is 5.03 Å². The molecule has 2 aromatic carbocycles. The van der Waals surface area contributed by atoms with Gasteiger partial charge in [0.1, 0.15) is 16.6 Å². The first-order valence-electron chi connectivity index (χ1n) is 8.26. The highest BCUT2D eigenvalue weighted by Gasteiger charge is 2.12. The lowest BCUT2D eigenvalue weighted by molar-refractivity contribution is 0.101. The van der Waals surface area contributed by atoms with Gasteiger partial charge in [-0.15, -0.1) is 10.2 Å². The number of carbonyl (C=O) groups is 2. The number of ketones is 1. The van der Waals surface area contributed by atoms with Crippen molar-refractivity contribution in [3.63, 3.8) is 0 Å². The molecule has 1 aromatic heterocycles. The Labute approximate surface area is 165 Å². The smallest absolute Gasteiger partial charge is 0.259 e. The molecule has 0 aliphatic heterocycles. The third-order valence-electron chi connectivity index (χ3n) is 3.74. The lowest BCUT2D eigenvalue weighted by atomic mass is 10.1. The van der Waals surface area contributed by atoms with Crippen molar-refractivity contribution in [1.82, 2.24) is 10.2 Å². The zero-order chi connectivity index (χ0) is 19.9. The minimum atomic E-state index is -0.615.